The fraction of sp³-hybridized carbons (Fsp3) is 0.942. The Kier molecular flexibility index (Phi) is 31.9. The van der Waals surface area contributed by atoms with Gasteiger partial charge in [-0.3, -0.25) is 4.79 Å². The number of carboxylic acids is 1. The van der Waals surface area contributed by atoms with Crippen molar-refractivity contribution in [3.63, 3.8) is 0 Å². The first kappa shape index (κ1) is 105. The Labute approximate surface area is 769 Å². The van der Waals surface area contributed by atoms with Crippen molar-refractivity contribution in [1.29, 1.82) is 0 Å². The number of fused-ring (bicyclic) bond motifs is 7. The third-order valence-electron chi connectivity index (χ3n) is 32.4. The van der Waals surface area contributed by atoms with Gasteiger partial charge in [0.1, 0.15) is 196 Å². The molecule has 0 spiro atoms. The molecule has 5 aliphatic carbocycles. The third-order valence-corrected chi connectivity index (χ3v) is 32.4. The summed E-state index contributed by atoms with van der Waals surface area (Å²) in [5.74, 6) is -3.74. The van der Waals surface area contributed by atoms with Gasteiger partial charge in [0.15, 0.2) is 68.8 Å². The Hall–Kier alpha value is -3.37. The number of aliphatic carboxylic acids is 1. The summed E-state index contributed by atoms with van der Waals surface area (Å²) in [4.78, 5) is 44.1. The minimum absolute atomic E-state index is 0.0726. The molecular formula is C86H136O48. The number of rotatable bonds is 24. The number of carboxylic acid groups (broad SMARTS) is 1. The van der Waals surface area contributed by atoms with Gasteiger partial charge in [-0.1, -0.05) is 53.2 Å². The summed E-state index contributed by atoms with van der Waals surface area (Å²) in [6, 6.07) is 0. The molecule has 0 amide bonds. The van der Waals surface area contributed by atoms with Gasteiger partial charge in [0.25, 0.3) is 0 Å². The molecule has 0 unspecified atom stereocenters. The normalized spacial score (nSPS) is 55.0. The van der Waals surface area contributed by atoms with Gasteiger partial charge < -0.3 is 227 Å². The number of aliphatic hydroxyl groups excluding tert-OH is 24. The van der Waals surface area contributed by atoms with E-state index in [-0.39, 0.29) is 24.2 Å². The van der Waals surface area contributed by atoms with Crippen molar-refractivity contribution in [2.24, 2.45) is 50.2 Å². The zero-order chi connectivity index (χ0) is 97.5. The van der Waals surface area contributed by atoms with Crippen LogP contribution >= 0.6 is 0 Å². The minimum atomic E-state index is -2.30. The predicted molar refractivity (Wildman–Crippen MR) is 431 cm³/mol. The summed E-state index contributed by atoms with van der Waals surface area (Å²) in [6.45, 7) is 12.6. The Morgan fingerprint density at radius 1 is 0.388 bits per heavy atom. The maximum absolute atomic E-state index is 16.1. The van der Waals surface area contributed by atoms with Gasteiger partial charge >= 0.3 is 11.9 Å². The highest BCUT2D eigenvalue weighted by Crippen LogP contribution is 2.76. The number of aliphatic hydroxyl groups is 24. The summed E-state index contributed by atoms with van der Waals surface area (Å²) in [5, 5.41) is 276. The highest BCUT2D eigenvalue weighted by atomic mass is 16.8. The number of esters is 1. The minimum Gasteiger partial charge on any atom is -0.479 e. The standard InChI is InChI=1S/C86H136O48/c1-28-42(93)47(98)53(104)74(119-28)131-66-57(108)62(127-75-56(107)50(101)61(29(2)120-75)126-72-59(110)64(35(92)24-116-72)129-73-60(111)63(34(91)25-117-73)128-70-51(102)43(94)33(90)23-115-70)30(3)121-78(66)134-80(114)86-18-16-81(4,5)20-32(86)31-10-11-40-82(6)14-13-41(83(7,27-89)39(82)12-15-85(40,9)84(31,8)17-19-86)125-79-67(132-77-55(106)49(100)45(96)37(22-88)123-77)58(109)65(68(133-79)69(112)113)130-71-52(103)46(97)38(26-118-71)124-76-54(105)48(99)44(95)36(21-87)122-76/h10,27-30,32-68,70-79,87-88,90-111H,11-26H2,1-9H3,(H,112,113)/t28-,29-,30+,32-,33+,34+,35+,36+,37+,38-,39-,40+,41-,42-,43-,44-,45-,46-,47+,48-,49-,50-,51+,52+,53+,54+,55+,56+,57-,58-,59+,60+,61-,62-,63-,64-,65-,66+,67+,68-,70-,71-,72-,73-,74-,75-,76-,77-,78-,79+,82-,83-,84+,85+,86-/m0/s1. The summed E-state index contributed by atoms with van der Waals surface area (Å²) in [5.41, 5.74) is -4.08. The molecule has 10 aliphatic heterocycles. The van der Waals surface area contributed by atoms with Crippen LogP contribution in [-0.2, 0) is 109 Å². The van der Waals surface area contributed by atoms with Crippen LogP contribution in [0.15, 0.2) is 11.6 Å². The topological polar surface area (TPSA) is 742 Å². The molecule has 48 heteroatoms. The molecule has 10 saturated heterocycles. The number of allylic oxidation sites excluding steroid dienone is 2. The van der Waals surface area contributed by atoms with E-state index >= 15 is 4.79 Å². The predicted octanol–water partition coefficient (Wildman–Crippen LogP) is -10.2. The molecule has 0 aromatic heterocycles. The highest BCUT2D eigenvalue weighted by Gasteiger charge is 2.72. The zero-order valence-electron chi connectivity index (χ0n) is 75.4. The fourth-order valence-electron chi connectivity index (χ4n) is 24.0. The quantitative estimate of drug-likeness (QED) is 0.0185. The smallest absolute Gasteiger partial charge is 0.335 e. The second-order valence-corrected chi connectivity index (χ2v) is 41.0. The molecule has 48 nitrogen and oxygen atoms in total. The number of aldehydes is 1. The molecule has 14 fully saturated rings. The van der Waals surface area contributed by atoms with E-state index in [0.29, 0.717) is 51.4 Å². The Balaban J connectivity index is 0.637. The van der Waals surface area contributed by atoms with Crippen molar-refractivity contribution >= 4 is 18.2 Å². The number of hydrogen-bond donors (Lipinski definition) is 25. The maximum atomic E-state index is 16.1. The second kappa shape index (κ2) is 40.7. The lowest BCUT2D eigenvalue weighted by Gasteiger charge is -2.71. The maximum Gasteiger partial charge on any atom is 0.335 e. The molecule has 0 aromatic carbocycles. The Morgan fingerprint density at radius 3 is 1.39 bits per heavy atom. The summed E-state index contributed by atoms with van der Waals surface area (Å²) >= 11 is 0. The highest BCUT2D eigenvalue weighted by molar-refractivity contribution is 5.79. The molecule has 15 rings (SSSR count). The monoisotopic (exact) mass is 1940 g/mol. The van der Waals surface area contributed by atoms with E-state index in [9.17, 15) is 137 Å². The van der Waals surface area contributed by atoms with Crippen molar-refractivity contribution in [2.45, 2.75) is 415 Å². The molecule has 55 atom stereocenters. The molecule has 0 bridgehead atoms. The first-order valence-corrected chi connectivity index (χ1v) is 46.1. The van der Waals surface area contributed by atoms with Crippen molar-refractivity contribution in [2.75, 3.05) is 39.6 Å². The van der Waals surface area contributed by atoms with Gasteiger partial charge in [0, 0.05) is 0 Å². The first-order valence-electron chi connectivity index (χ1n) is 46.1. The molecule has 768 valence electrons. The molecule has 10 heterocycles. The van der Waals surface area contributed by atoms with Crippen LogP contribution in [0.4, 0.5) is 0 Å². The van der Waals surface area contributed by atoms with E-state index < -0.39 is 379 Å². The molecule has 15 aliphatic rings. The van der Waals surface area contributed by atoms with Crippen LogP contribution < -0.4 is 0 Å². The zero-order valence-corrected chi connectivity index (χ0v) is 75.4. The first-order chi connectivity index (χ1) is 63.0. The Bertz CT molecular complexity index is 3990. The van der Waals surface area contributed by atoms with Crippen molar-refractivity contribution in [3.8, 4) is 0 Å². The fourth-order valence-corrected chi connectivity index (χ4v) is 24.0. The lowest BCUT2D eigenvalue weighted by Crippen LogP contribution is -2.68. The van der Waals surface area contributed by atoms with Gasteiger partial charge in [0.05, 0.1) is 74.9 Å². The average molecular weight is 1940 g/mol. The van der Waals surface area contributed by atoms with E-state index in [1.807, 2.05) is 0 Å². The summed E-state index contributed by atoms with van der Waals surface area (Å²) in [6.07, 6.45) is -78.5. The van der Waals surface area contributed by atoms with Crippen molar-refractivity contribution in [1.82, 2.24) is 0 Å². The van der Waals surface area contributed by atoms with Crippen LogP contribution in [0.25, 0.3) is 0 Å². The summed E-state index contributed by atoms with van der Waals surface area (Å²) < 4.78 is 119. The van der Waals surface area contributed by atoms with E-state index in [4.69, 9.17) is 94.7 Å². The molecule has 134 heavy (non-hydrogen) atoms. The van der Waals surface area contributed by atoms with E-state index in [0.717, 1.165) is 11.9 Å². The van der Waals surface area contributed by atoms with Crippen LogP contribution in [-0.4, -0.2) is 474 Å². The van der Waals surface area contributed by atoms with Gasteiger partial charge in [-0.2, -0.15) is 0 Å². The largest absolute Gasteiger partial charge is 0.479 e. The number of hydrogen-bond acceptors (Lipinski definition) is 47. The van der Waals surface area contributed by atoms with Crippen LogP contribution in [0.2, 0.25) is 0 Å². The average Bonchev–Trinajstić information content (AvgIpc) is 0.671. The SMILES string of the molecule is C[C@@H]1O[C@@H](O[C@H]2[C@H](OC(=O)[C@]34CCC(C)(C)C[C@H]3C3=CC[C@@H]5[C@@]6(C)CC[C@H](O[C@@H]7O[C@H](C(=O)O)[C@@H](O[C@@H]8OC[C@H](O[C@@H]9O[C@H](CO)[C@H](O)[C@H](O)[C@H]9O)[C@H](O)[C@H]8O)[C@H](O)[C@H]7O[C@@H]7O[C@H](CO)[C@H](O)[C@H](O)[C@H]7O)[C@@](C)(C=O)[C@H]6CC[C@@]5(C)[C@]3(C)CC4)O[C@H](C)[C@H](O[C@@H]3O[C@@H](C)[C@H](O[C@@H]4OC[C@@H](O)[C@H](O[C@@H]5OC[C@@H](O)[C@H](O[C@@H]6OC[C@@H](O)[C@H](O)[C@H]6O)[C@H]5O)[C@H]4O)[C@@H](O)[C@H]3O)[C@@H]2O)[C@H](O)[C@H](O)[C@H]1O. The van der Waals surface area contributed by atoms with Crippen LogP contribution in [0.5, 0.6) is 0 Å². The molecule has 0 aromatic rings. The van der Waals surface area contributed by atoms with Crippen molar-refractivity contribution < 1.29 is 237 Å². The Morgan fingerprint density at radius 2 is 0.828 bits per heavy atom. The second-order valence-electron chi connectivity index (χ2n) is 41.0. The molecule has 0 radical (unpaired) electrons. The number of carbonyl (C=O) groups excluding carboxylic acids is 2. The lowest BCUT2D eigenvalue weighted by atomic mass is 9.33. The van der Waals surface area contributed by atoms with Crippen molar-refractivity contribution in [3.05, 3.63) is 11.6 Å². The van der Waals surface area contributed by atoms with Gasteiger partial charge in [0.2, 0.25) is 6.29 Å². The van der Waals surface area contributed by atoms with Gasteiger partial charge in [-0.15, -0.1) is 0 Å². The summed E-state index contributed by atoms with van der Waals surface area (Å²) in [7, 11) is 0. The van der Waals surface area contributed by atoms with Crippen LogP contribution in [0, 0.1) is 50.2 Å². The van der Waals surface area contributed by atoms with Gasteiger partial charge in [-0.05, 0) is 124 Å². The lowest BCUT2D eigenvalue weighted by molar-refractivity contribution is -0.390. The number of carbonyl (C=O) groups is 3. The van der Waals surface area contributed by atoms with Crippen LogP contribution in [0.3, 0.4) is 0 Å². The van der Waals surface area contributed by atoms with E-state index in [1.165, 1.54) is 20.8 Å². The van der Waals surface area contributed by atoms with Crippen LogP contribution in [0.1, 0.15) is 127 Å². The van der Waals surface area contributed by atoms with E-state index in [2.05, 4.69) is 40.7 Å². The van der Waals surface area contributed by atoms with E-state index in [1.54, 1.807) is 6.92 Å². The number of ether oxygens (including phenoxy) is 20. The molecular weight excluding hydrogens is 1800 g/mol. The molecule has 25 N–H and O–H groups in total. The third kappa shape index (κ3) is 18.9. The molecule has 4 saturated carbocycles. The van der Waals surface area contributed by atoms with Gasteiger partial charge in [-0.25, -0.2) is 4.79 Å².